The predicted octanol–water partition coefficient (Wildman–Crippen LogP) is 4.50. The number of ether oxygens (including phenoxy) is 1. The smallest absolute Gasteiger partial charge is 0.141 e. The Morgan fingerprint density at radius 1 is 1.00 bits per heavy atom. The van der Waals surface area contributed by atoms with Gasteiger partial charge in [0, 0.05) is 4.47 Å². The molecule has 0 heterocycles. The van der Waals surface area contributed by atoms with Crippen LogP contribution in [-0.4, -0.2) is 5.11 Å². The van der Waals surface area contributed by atoms with E-state index in [1.54, 1.807) is 0 Å². The van der Waals surface area contributed by atoms with E-state index in [9.17, 15) is 0 Å². The van der Waals surface area contributed by atoms with E-state index in [1.807, 2.05) is 42.5 Å². The Balaban J connectivity index is 2.21. The molecule has 17 heavy (non-hydrogen) atoms. The van der Waals surface area contributed by atoms with Crippen molar-refractivity contribution in [2.45, 2.75) is 6.61 Å². The minimum Gasteiger partial charge on any atom is -0.456 e. The monoisotopic (exact) mass is 356 g/mol. The van der Waals surface area contributed by atoms with Gasteiger partial charge in [0.15, 0.2) is 0 Å². The molecule has 2 rings (SSSR count). The van der Waals surface area contributed by atoms with Crippen LogP contribution in [0.2, 0.25) is 0 Å². The molecule has 0 unspecified atom stereocenters. The second kappa shape index (κ2) is 5.67. The third kappa shape index (κ3) is 3.31. The molecule has 0 saturated heterocycles. The normalized spacial score (nSPS) is 10.3. The third-order valence-electron chi connectivity index (χ3n) is 2.22. The van der Waals surface area contributed by atoms with Gasteiger partial charge in [-0.05, 0) is 57.9 Å². The Morgan fingerprint density at radius 2 is 1.71 bits per heavy atom. The van der Waals surface area contributed by atoms with Gasteiger partial charge in [-0.15, -0.1) is 0 Å². The maximum Gasteiger partial charge on any atom is 0.141 e. The predicted molar refractivity (Wildman–Crippen MR) is 74.3 cm³/mol. The van der Waals surface area contributed by atoms with E-state index in [2.05, 4.69) is 31.9 Å². The number of halogens is 2. The van der Waals surface area contributed by atoms with Crippen LogP contribution in [0.1, 0.15) is 5.56 Å². The first kappa shape index (κ1) is 12.6. The molecule has 2 aromatic carbocycles. The lowest BCUT2D eigenvalue weighted by Crippen LogP contribution is -1.88. The van der Waals surface area contributed by atoms with Crippen LogP contribution >= 0.6 is 31.9 Å². The summed E-state index contributed by atoms with van der Waals surface area (Å²) in [6.45, 7) is 0.0250. The maximum atomic E-state index is 9.01. The average molecular weight is 358 g/mol. The highest BCUT2D eigenvalue weighted by Gasteiger charge is 2.03. The molecule has 0 saturated carbocycles. The molecule has 0 aliphatic rings. The molecule has 0 aliphatic heterocycles. The molecule has 2 aromatic rings. The summed E-state index contributed by atoms with van der Waals surface area (Å²) in [6, 6.07) is 13.1. The number of hydrogen-bond donors (Lipinski definition) is 1. The minimum atomic E-state index is 0.0250. The molecule has 0 amide bonds. The van der Waals surface area contributed by atoms with E-state index >= 15 is 0 Å². The van der Waals surface area contributed by atoms with Gasteiger partial charge in [0.05, 0.1) is 11.1 Å². The Labute approximate surface area is 116 Å². The van der Waals surface area contributed by atoms with Gasteiger partial charge in [-0.25, -0.2) is 0 Å². The van der Waals surface area contributed by atoms with Crippen molar-refractivity contribution < 1.29 is 9.84 Å². The summed E-state index contributed by atoms with van der Waals surface area (Å²) >= 11 is 6.79. The van der Waals surface area contributed by atoms with Gasteiger partial charge < -0.3 is 9.84 Å². The van der Waals surface area contributed by atoms with Crippen LogP contribution in [0.5, 0.6) is 11.5 Å². The molecule has 0 atom stereocenters. The minimum absolute atomic E-state index is 0.0250. The van der Waals surface area contributed by atoms with E-state index in [4.69, 9.17) is 9.84 Å². The number of rotatable bonds is 3. The molecule has 0 spiro atoms. The Bertz CT molecular complexity index is 509. The second-order valence-electron chi connectivity index (χ2n) is 3.48. The van der Waals surface area contributed by atoms with E-state index in [1.165, 1.54) is 0 Å². The molecular weight excluding hydrogens is 348 g/mol. The number of aliphatic hydroxyl groups excluding tert-OH is 1. The zero-order valence-electron chi connectivity index (χ0n) is 8.86. The lowest BCUT2D eigenvalue weighted by atomic mass is 10.2. The molecule has 2 nitrogen and oxygen atoms in total. The highest BCUT2D eigenvalue weighted by atomic mass is 79.9. The van der Waals surface area contributed by atoms with Crippen LogP contribution in [0, 0.1) is 0 Å². The van der Waals surface area contributed by atoms with Gasteiger partial charge in [0.2, 0.25) is 0 Å². The van der Waals surface area contributed by atoms with E-state index in [-0.39, 0.29) is 6.61 Å². The van der Waals surface area contributed by atoms with Crippen LogP contribution in [-0.2, 0) is 6.61 Å². The summed E-state index contributed by atoms with van der Waals surface area (Å²) in [5, 5.41) is 9.01. The van der Waals surface area contributed by atoms with Crippen molar-refractivity contribution in [2.24, 2.45) is 0 Å². The van der Waals surface area contributed by atoms with Crippen LogP contribution in [0.4, 0.5) is 0 Å². The average Bonchev–Trinajstić information content (AvgIpc) is 2.34. The molecule has 0 aromatic heterocycles. The van der Waals surface area contributed by atoms with Crippen molar-refractivity contribution in [1.82, 2.24) is 0 Å². The first-order chi connectivity index (χ1) is 8.19. The topological polar surface area (TPSA) is 29.5 Å². The van der Waals surface area contributed by atoms with Crippen molar-refractivity contribution in [1.29, 1.82) is 0 Å². The van der Waals surface area contributed by atoms with Gasteiger partial charge in [-0.1, -0.05) is 22.0 Å². The van der Waals surface area contributed by atoms with Gasteiger partial charge in [-0.3, -0.25) is 0 Å². The van der Waals surface area contributed by atoms with Crippen LogP contribution < -0.4 is 4.74 Å². The fraction of sp³-hybridized carbons (Fsp3) is 0.0769. The number of aliphatic hydroxyl groups is 1. The second-order valence-corrected chi connectivity index (χ2v) is 5.25. The van der Waals surface area contributed by atoms with Crippen molar-refractivity contribution in [3.63, 3.8) is 0 Å². The summed E-state index contributed by atoms with van der Waals surface area (Å²) in [7, 11) is 0. The molecule has 0 radical (unpaired) electrons. The molecule has 0 fully saturated rings. The summed E-state index contributed by atoms with van der Waals surface area (Å²) in [5.41, 5.74) is 0.847. The SMILES string of the molecule is OCc1ccc(Oc2ccc(Br)cc2)c(Br)c1. The van der Waals surface area contributed by atoms with E-state index in [0.29, 0.717) is 0 Å². The molecular formula is C13H10Br2O2. The first-order valence-corrected chi connectivity index (χ1v) is 6.60. The maximum absolute atomic E-state index is 9.01. The number of benzene rings is 2. The van der Waals surface area contributed by atoms with Gasteiger partial charge >= 0.3 is 0 Å². The van der Waals surface area contributed by atoms with Crippen molar-refractivity contribution in [2.75, 3.05) is 0 Å². The zero-order valence-corrected chi connectivity index (χ0v) is 12.0. The quantitative estimate of drug-likeness (QED) is 0.876. The third-order valence-corrected chi connectivity index (χ3v) is 3.37. The fourth-order valence-corrected chi connectivity index (χ4v) is 2.13. The Kier molecular flexibility index (Phi) is 4.20. The molecule has 1 N–H and O–H groups in total. The van der Waals surface area contributed by atoms with Crippen molar-refractivity contribution in [3.05, 3.63) is 57.0 Å². The van der Waals surface area contributed by atoms with Gasteiger partial charge in [0.25, 0.3) is 0 Å². The summed E-state index contributed by atoms with van der Waals surface area (Å²) < 4.78 is 7.55. The number of hydrogen-bond acceptors (Lipinski definition) is 2. The summed E-state index contributed by atoms with van der Waals surface area (Å²) in [4.78, 5) is 0. The summed E-state index contributed by atoms with van der Waals surface area (Å²) in [6.07, 6.45) is 0. The van der Waals surface area contributed by atoms with Gasteiger partial charge in [0.1, 0.15) is 11.5 Å². The Hall–Kier alpha value is -0.840. The fourth-order valence-electron chi connectivity index (χ4n) is 1.36. The first-order valence-electron chi connectivity index (χ1n) is 5.02. The van der Waals surface area contributed by atoms with Crippen LogP contribution in [0.15, 0.2) is 51.4 Å². The zero-order chi connectivity index (χ0) is 12.3. The van der Waals surface area contributed by atoms with E-state index < -0.39 is 0 Å². The summed E-state index contributed by atoms with van der Waals surface area (Å²) in [5.74, 6) is 1.50. The molecule has 0 aliphatic carbocycles. The molecule has 4 heteroatoms. The van der Waals surface area contributed by atoms with Crippen LogP contribution in [0.3, 0.4) is 0 Å². The molecule has 88 valence electrons. The standard InChI is InChI=1S/C13H10Br2O2/c14-10-2-4-11(5-3-10)17-13-6-1-9(8-16)7-12(13)15/h1-7,16H,8H2. The largest absolute Gasteiger partial charge is 0.456 e. The van der Waals surface area contributed by atoms with E-state index in [0.717, 1.165) is 26.0 Å². The van der Waals surface area contributed by atoms with Crippen molar-refractivity contribution >= 4 is 31.9 Å². The highest BCUT2D eigenvalue weighted by Crippen LogP contribution is 2.31. The molecule has 0 bridgehead atoms. The lowest BCUT2D eigenvalue weighted by molar-refractivity contribution is 0.281. The van der Waals surface area contributed by atoms with Crippen molar-refractivity contribution in [3.8, 4) is 11.5 Å². The Morgan fingerprint density at radius 3 is 2.29 bits per heavy atom. The van der Waals surface area contributed by atoms with Gasteiger partial charge in [-0.2, -0.15) is 0 Å². The lowest BCUT2D eigenvalue weighted by Gasteiger charge is -2.08. The highest BCUT2D eigenvalue weighted by molar-refractivity contribution is 9.10. The van der Waals surface area contributed by atoms with Crippen LogP contribution in [0.25, 0.3) is 0 Å².